The Hall–Kier alpha value is -1.86. The molecule has 1 aromatic heterocycles. The summed E-state index contributed by atoms with van der Waals surface area (Å²) in [5.41, 5.74) is -1.51. The fourth-order valence-electron chi connectivity index (χ4n) is 1.72. The summed E-state index contributed by atoms with van der Waals surface area (Å²) in [5, 5.41) is 27.8. The molecule has 1 fully saturated rings. The number of H-pyrrole nitrogens is 1. The minimum absolute atomic E-state index is 0.640. The number of hydrogen-bond acceptors (Lipinski definition) is 7. The Kier molecular flexibility index (Phi) is 5.96. The molecule has 2 heterocycles. The highest BCUT2D eigenvalue weighted by Crippen LogP contribution is 2.28. The maximum Gasteiger partial charge on any atom is 0.466 e. The van der Waals surface area contributed by atoms with Gasteiger partial charge in [0.15, 0.2) is 12.3 Å². The van der Waals surface area contributed by atoms with E-state index in [1.165, 1.54) is 0 Å². The number of carbonyl (C=O) groups is 1. The Morgan fingerprint density at radius 1 is 1.22 bits per heavy atom. The molecule has 1 saturated heterocycles. The minimum atomic E-state index is -4.64. The fourth-order valence-corrected chi connectivity index (χ4v) is 1.72. The van der Waals surface area contributed by atoms with Crippen LogP contribution in [0.25, 0.3) is 0 Å². The van der Waals surface area contributed by atoms with Gasteiger partial charge in [-0.2, -0.15) is 0 Å². The summed E-state index contributed by atoms with van der Waals surface area (Å²) in [6.07, 6.45) is -5.21. The predicted molar refractivity (Wildman–Crippen MR) is 69.1 cm³/mol. The van der Waals surface area contributed by atoms with E-state index in [0.29, 0.717) is 0 Å². The molecule has 1 aliphatic rings. The summed E-state index contributed by atoms with van der Waals surface area (Å²) in [7, 11) is -4.64. The monoisotopic (exact) mass is 356 g/mol. The number of aliphatic hydroxyl groups excluding tert-OH is 2. The van der Waals surface area contributed by atoms with E-state index in [2.05, 4.69) is 0 Å². The molecule has 0 bridgehead atoms. The average molecular weight is 356 g/mol. The van der Waals surface area contributed by atoms with Gasteiger partial charge in [0.1, 0.15) is 12.2 Å². The van der Waals surface area contributed by atoms with Crippen molar-refractivity contribution < 1.29 is 44.1 Å². The first-order valence-corrected chi connectivity index (χ1v) is 7.32. The van der Waals surface area contributed by atoms with Gasteiger partial charge in [-0.3, -0.25) is 14.3 Å². The van der Waals surface area contributed by atoms with Gasteiger partial charge in [0.2, 0.25) is 0 Å². The predicted octanol–water partition coefficient (Wildman–Crippen LogP) is -3.69. The third-order valence-electron chi connectivity index (χ3n) is 2.61. The van der Waals surface area contributed by atoms with E-state index in [1.54, 1.807) is 0 Å². The maximum atomic E-state index is 11.4. The van der Waals surface area contributed by atoms with Crippen LogP contribution in [0.4, 0.5) is 0 Å². The molecule has 4 atom stereocenters. The van der Waals surface area contributed by atoms with Crippen molar-refractivity contribution in [2.45, 2.75) is 24.5 Å². The molecule has 0 aliphatic carbocycles. The number of nitrogens with zero attached hydrogens (tertiary/aromatic N) is 1. The van der Waals surface area contributed by atoms with Crippen molar-refractivity contribution in [3.05, 3.63) is 33.1 Å². The molecule has 0 saturated carbocycles. The number of ether oxygens (including phenoxy) is 1. The third-order valence-corrected chi connectivity index (χ3v) is 2.61. The molecule has 0 aromatic carbocycles. The zero-order valence-corrected chi connectivity index (χ0v) is 12.0. The summed E-state index contributed by atoms with van der Waals surface area (Å²) in [6, 6.07) is 1.01. The molecule has 7 N–H and O–H groups in total. The van der Waals surface area contributed by atoms with E-state index in [4.69, 9.17) is 29.1 Å². The molecule has 130 valence electrons. The van der Waals surface area contributed by atoms with E-state index in [0.717, 1.165) is 16.8 Å². The van der Waals surface area contributed by atoms with Gasteiger partial charge in [0.25, 0.3) is 5.56 Å². The molecule has 0 amide bonds. The number of hydrogen-bond donors (Lipinski definition) is 7. The second-order valence-electron chi connectivity index (χ2n) is 4.30. The Morgan fingerprint density at radius 2 is 1.74 bits per heavy atom. The van der Waals surface area contributed by atoms with Crippen molar-refractivity contribution in [3.63, 3.8) is 0 Å². The minimum Gasteiger partial charge on any atom is -0.479 e. The number of aliphatic carboxylic acids is 1. The van der Waals surface area contributed by atoms with Gasteiger partial charge in [0.05, 0.1) is 0 Å². The highest BCUT2D eigenvalue weighted by atomic mass is 31.2. The van der Waals surface area contributed by atoms with Gasteiger partial charge in [-0.15, -0.1) is 0 Å². The standard InChI is InChI=1S/C9H10N2O7.H3O4P/c12-3-1-2-11(9(17)10-3)7-5(14)4(13)6(18-7)8(15)16;1-5(2,3)4/h1-2,4-7,13-14H,(H,15,16)(H,10,12,17);(H3,1,2,3,4)/t4-,5+,6-,7+;/m0./s1. The number of aromatic nitrogens is 2. The lowest BCUT2D eigenvalue weighted by Crippen LogP contribution is -2.38. The Labute approximate surface area is 126 Å². The Balaban J connectivity index is 0.000000463. The molecule has 0 radical (unpaired) electrons. The highest BCUT2D eigenvalue weighted by Gasteiger charge is 2.47. The molecule has 1 aromatic rings. The molecule has 23 heavy (non-hydrogen) atoms. The van der Waals surface area contributed by atoms with Gasteiger partial charge < -0.3 is 34.7 Å². The normalized spacial score (nSPS) is 27.2. The van der Waals surface area contributed by atoms with Gasteiger partial charge in [-0.25, -0.2) is 14.2 Å². The van der Waals surface area contributed by atoms with E-state index in [1.807, 2.05) is 4.98 Å². The molecular weight excluding hydrogens is 343 g/mol. The second-order valence-corrected chi connectivity index (χ2v) is 5.32. The summed E-state index contributed by atoms with van der Waals surface area (Å²) >= 11 is 0. The van der Waals surface area contributed by atoms with Crippen LogP contribution in [0.5, 0.6) is 0 Å². The molecule has 0 unspecified atom stereocenters. The second kappa shape index (κ2) is 7.14. The lowest BCUT2D eigenvalue weighted by molar-refractivity contribution is -0.155. The van der Waals surface area contributed by atoms with Gasteiger partial charge >= 0.3 is 19.5 Å². The maximum absolute atomic E-state index is 11.4. The number of carboxylic acids is 1. The van der Waals surface area contributed by atoms with Crippen molar-refractivity contribution in [2.75, 3.05) is 0 Å². The number of aromatic amines is 1. The zero-order valence-electron chi connectivity index (χ0n) is 11.1. The van der Waals surface area contributed by atoms with Crippen molar-refractivity contribution in [2.24, 2.45) is 0 Å². The number of aliphatic hydroxyl groups is 2. The summed E-state index contributed by atoms with van der Waals surface area (Å²) < 4.78 is 14.6. The van der Waals surface area contributed by atoms with Crippen LogP contribution >= 0.6 is 7.82 Å². The first-order chi connectivity index (χ1) is 10.4. The topological polar surface area (TPSA) is 220 Å². The third kappa shape index (κ3) is 5.37. The molecule has 13 nitrogen and oxygen atoms in total. The van der Waals surface area contributed by atoms with Crippen molar-refractivity contribution >= 4 is 13.8 Å². The number of carboxylic acid groups (broad SMARTS) is 1. The first-order valence-electron chi connectivity index (χ1n) is 5.76. The number of phosphoric acid groups is 1. The van der Waals surface area contributed by atoms with Crippen LogP contribution in [-0.2, 0) is 14.1 Å². The van der Waals surface area contributed by atoms with Crippen LogP contribution < -0.4 is 11.2 Å². The van der Waals surface area contributed by atoms with Gasteiger partial charge in [-0.1, -0.05) is 0 Å². The van der Waals surface area contributed by atoms with Crippen LogP contribution in [0.1, 0.15) is 6.23 Å². The van der Waals surface area contributed by atoms with Crippen molar-refractivity contribution in [3.8, 4) is 0 Å². The zero-order chi connectivity index (χ0) is 17.9. The highest BCUT2D eigenvalue weighted by molar-refractivity contribution is 7.45. The van der Waals surface area contributed by atoms with Crippen LogP contribution in [0, 0.1) is 0 Å². The largest absolute Gasteiger partial charge is 0.479 e. The summed E-state index contributed by atoms with van der Waals surface area (Å²) in [4.78, 5) is 56.5. The van der Waals surface area contributed by atoms with Crippen molar-refractivity contribution in [1.29, 1.82) is 0 Å². The van der Waals surface area contributed by atoms with E-state index >= 15 is 0 Å². The van der Waals surface area contributed by atoms with E-state index in [9.17, 15) is 24.6 Å². The van der Waals surface area contributed by atoms with Crippen molar-refractivity contribution in [1.82, 2.24) is 9.55 Å². The lowest BCUT2D eigenvalue weighted by atomic mass is 10.1. The number of rotatable bonds is 2. The molecule has 0 spiro atoms. The first kappa shape index (κ1) is 19.2. The van der Waals surface area contributed by atoms with E-state index < -0.39 is 49.6 Å². The number of nitrogens with one attached hydrogen (secondary N) is 1. The molecule has 1 aliphatic heterocycles. The Bertz CT molecular complexity index is 712. The lowest BCUT2D eigenvalue weighted by Gasteiger charge is -2.16. The molecular formula is C9H13N2O11P. The molecule has 14 heteroatoms. The van der Waals surface area contributed by atoms with E-state index in [-0.39, 0.29) is 0 Å². The van der Waals surface area contributed by atoms with Crippen LogP contribution in [0.3, 0.4) is 0 Å². The Morgan fingerprint density at radius 3 is 2.13 bits per heavy atom. The fraction of sp³-hybridized carbons (Fsp3) is 0.444. The average Bonchev–Trinajstić information content (AvgIpc) is 2.65. The van der Waals surface area contributed by atoms with Crippen LogP contribution in [-0.4, -0.2) is 63.8 Å². The van der Waals surface area contributed by atoms with Crippen LogP contribution in [0.15, 0.2) is 21.9 Å². The summed E-state index contributed by atoms with van der Waals surface area (Å²) in [5.74, 6) is -1.46. The van der Waals surface area contributed by atoms with Gasteiger partial charge in [0, 0.05) is 12.3 Å². The summed E-state index contributed by atoms with van der Waals surface area (Å²) in [6.45, 7) is 0. The molecule has 2 rings (SSSR count). The smallest absolute Gasteiger partial charge is 0.466 e. The SMILES string of the molecule is O=C(O)[C@H]1O[C@@H](n2ccc(=O)[nH]c2=O)[C@H](O)[C@@H]1O.O=P(O)(O)O. The van der Waals surface area contributed by atoms with Gasteiger partial charge in [-0.05, 0) is 0 Å². The quantitative estimate of drug-likeness (QED) is 0.256. The van der Waals surface area contributed by atoms with Crippen LogP contribution in [0.2, 0.25) is 0 Å².